The zero-order chi connectivity index (χ0) is 13.9. The first kappa shape index (κ1) is 15.0. The summed E-state index contributed by atoms with van der Waals surface area (Å²) in [4.78, 5) is -0.654. The largest absolute Gasteiger partial charge is 0.433 e. The van der Waals surface area contributed by atoms with Crippen LogP contribution in [0.1, 0.15) is 11.1 Å². The molecular weight excluding hydrogens is 311 g/mol. The van der Waals surface area contributed by atoms with E-state index in [1.165, 1.54) is 0 Å². The predicted molar refractivity (Wildman–Crippen MR) is 60.4 cm³/mol. The molecule has 0 amide bonds. The summed E-state index contributed by atoms with van der Waals surface area (Å²) < 4.78 is 51.0. The molecule has 0 saturated carbocycles. The number of hydrogen-bond acceptors (Lipinski definition) is 4. The highest BCUT2D eigenvalue weighted by atomic mass is 35.7. The SMILES string of the molecule is N#Cc1ccc(S(=O)(=O)Cl)c(OC(F)F)c1CCl. The molecule has 0 atom stereocenters. The van der Waals surface area contributed by atoms with Gasteiger partial charge in [-0.2, -0.15) is 14.0 Å². The first-order valence-corrected chi connectivity index (χ1v) is 7.17. The molecular formula is C9H5Cl2F2NO3S. The van der Waals surface area contributed by atoms with Crippen molar-refractivity contribution in [1.29, 1.82) is 5.26 Å². The maximum atomic E-state index is 12.3. The molecule has 9 heteroatoms. The Morgan fingerprint density at radius 1 is 1.44 bits per heavy atom. The van der Waals surface area contributed by atoms with Gasteiger partial charge < -0.3 is 4.74 Å². The fourth-order valence-corrected chi connectivity index (χ4v) is 2.51. The van der Waals surface area contributed by atoms with E-state index in [1.54, 1.807) is 6.07 Å². The number of ether oxygens (including phenoxy) is 1. The van der Waals surface area contributed by atoms with Gasteiger partial charge in [0.1, 0.15) is 4.90 Å². The van der Waals surface area contributed by atoms with E-state index in [0.717, 1.165) is 12.1 Å². The van der Waals surface area contributed by atoms with Crippen molar-refractivity contribution in [3.63, 3.8) is 0 Å². The third-order valence-electron chi connectivity index (χ3n) is 1.95. The van der Waals surface area contributed by atoms with Gasteiger partial charge in [0.2, 0.25) is 0 Å². The van der Waals surface area contributed by atoms with Crippen molar-refractivity contribution in [2.24, 2.45) is 0 Å². The average molecular weight is 316 g/mol. The molecule has 18 heavy (non-hydrogen) atoms. The fourth-order valence-electron chi connectivity index (χ4n) is 1.25. The summed E-state index contributed by atoms with van der Waals surface area (Å²) in [5.74, 6) is -1.07. The summed E-state index contributed by atoms with van der Waals surface area (Å²) in [5, 5.41) is 8.77. The lowest BCUT2D eigenvalue weighted by atomic mass is 10.1. The second-order valence-corrected chi connectivity index (χ2v) is 5.78. The average Bonchev–Trinajstić information content (AvgIpc) is 2.25. The number of nitrogens with zero attached hydrogens (tertiary/aromatic N) is 1. The van der Waals surface area contributed by atoms with Crippen molar-refractivity contribution in [2.75, 3.05) is 0 Å². The zero-order valence-electron chi connectivity index (χ0n) is 8.53. The normalized spacial score (nSPS) is 11.3. The minimum Gasteiger partial charge on any atom is -0.433 e. The third-order valence-corrected chi connectivity index (χ3v) is 3.56. The molecule has 0 saturated heterocycles. The monoisotopic (exact) mass is 315 g/mol. The van der Waals surface area contributed by atoms with Gasteiger partial charge in [-0.1, -0.05) is 0 Å². The van der Waals surface area contributed by atoms with E-state index in [1.807, 2.05) is 0 Å². The van der Waals surface area contributed by atoms with Gasteiger partial charge in [-0.25, -0.2) is 8.42 Å². The first-order valence-electron chi connectivity index (χ1n) is 4.32. The van der Waals surface area contributed by atoms with Crippen molar-refractivity contribution in [1.82, 2.24) is 0 Å². The van der Waals surface area contributed by atoms with Crippen molar-refractivity contribution < 1.29 is 21.9 Å². The molecule has 0 aliphatic rings. The zero-order valence-corrected chi connectivity index (χ0v) is 10.9. The van der Waals surface area contributed by atoms with Crippen LogP contribution in [0.4, 0.5) is 8.78 Å². The van der Waals surface area contributed by atoms with Crippen molar-refractivity contribution >= 4 is 31.3 Å². The van der Waals surface area contributed by atoms with E-state index < -0.39 is 26.3 Å². The quantitative estimate of drug-likeness (QED) is 0.633. The minimum atomic E-state index is -4.29. The third kappa shape index (κ3) is 3.22. The number of benzene rings is 1. The van der Waals surface area contributed by atoms with Crippen LogP contribution >= 0.6 is 22.3 Å². The van der Waals surface area contributed by atoms with E-state index in [4.69, 9.17) is 27.5 Å². The Morgan fingerprint density at radius 2 is 2.06 bits per heavy atom. The molecule has 4 nitrogen and oxygen atoms in total. The summed E-state index contributed by atoms with van der Waals surface area (Å²) >= 11 is 5.51. The highest BCUT2D eigenvalue weighted by Gasteiger charge is 2.24. The maximum Gasteiger partial charge on any atom is 0.387 e. The molecule has 0 unspecified atom stereocenters. The Bertz CT molecular complexity index is 599. The Kier molecular flexibility index (Phi) is 4.73. The smallest absolute Gasteiger partial charge is 0.387 e. The minimum absolute atomic E-state index is 0.0651. The first-order chi connectivity index (χ1) is 8.31. The van der Waals surface area contributed by atoms with Gasteiger partial charge in [0.25, 0.3) is 9.05 Å². The number of nitriles is 1. The molecule has 1 aromatic rings. The summed E-state index contributed by atoms with van der Waals surface area (Å²) in [6, 6.07) is 3.72. The van der Waals surface area contributed by atoms with Gasteiger partial charge in [-0.05, 0) is 12.1 Å². The molecule has 0 spiro atoms. The molecule has 0 N–H and O–H groups in total. The number of halogens is 4. The van der Waals surface area contributed by atoms with Crippen LogP contribution in [-0.4, -0.2) is 15.0 Å². The lowest BCUT2D eigenvalue weighted by molar-refractivity contribution is -0.0522. The van der Waals surface area contributed by atoms with Gasteiger partial charge in [0.05, 0.1) is 17.5 Å². The Labute approximate surface area is 111 Å². The number of alkyl halides is 3. The Hall–Kier alpha value is -1.10. The van der Waals surface area contributed by atoms with Crippen molar-refractivity contribution in [3.05, 3.63) is 23.3 Å². The lowest BCUT2D eigenvalue weighted by Gasteiger charge is -2.13. The highest BCUT2D eigenvalue weighted by Crippen LogP contribution is 2.35. The van der Waals surface area contributed by atoms with Crippen LogP contribution in [0.3, 0.4) is 0 Å². The van der Waals surface area contributed by atoms with Crippen molar-refractivity contribution in [3.8, 4) is 11.8 Å². The standard InChI is InChI=1S/C9H5Cl2F2NO3S/c10-3-6-5(4-14)1-2-7(18(11,15)16)8(6)17-9(12)13/h1-2,9H,3H2. The van der Waals surface area contributed by atoms with Crippen LogP contribution in [0.5, 0.6) is 5.75 Å². The van der Waals surface area contributed by atoms with E-state index >= 15 is 0 Å². The topological polar surface area (TPSA) is 67.2 Å². The second kappa shape index (κ2) is 5.69. The summed E-state index contributed by atoms with van der Waals surface area (Å²) in [6.07, 6.45) is 0. The molecule has 0 radical (unpaired) electrons. The second-order valence-electron chi connectivity index (χ2n) is 2.98. The van der Waals surface area contributed by atoms with Crippen LogP contribution in [0.15, 0.2) is 17.0 Å². The van der Waals surface area contributed by atoms with Crippen LogP contribution in [-0.2, 0) is 14.9 Å². The van der Waals surface area contributed by atoms with E-state index in [9.17, 15) is 17.2 Å². The molecule has 0 aromatic heterocycles. The highest BCUT2D eigenvalue weighted by molar-refractivity contribution is 8.13. The van der Waals surface area contributed by atoms with E-state index in [2.05, 4.69) is 4.74 Å². The molecule has 1 aromatic carbocycles. The Balaban J connectivity index is 3.61. The molecule has 0 fully saturated rings. The summed E-state index contributed by atoms with van der Waals surface area (Å²) in [5.41, 5.74) is -0.217. The molecule has 0 heterocycles. The van der Waals surface area contributed by atoms with Crippen LogP contribution in [0.25, 0.3) is 0 Å². The van der Waals surface area contributed by atoms with Gasteiger partial charge in [-0.15, -0.1) is 11.6 Å². The van der Waals surface area contributed by atoms with Gasteiger partial charge in [-0.3, -0.25) is 0 Å². The predicted octanol–water partition coefficient (Wildman–Crippen LogP) is 2.83. The van der Waals surface area contributed by atoms with Crippen LogP contribution < -0.4 is 4.74 Å². The molecule has 98 valence electrons. The molecule has 0 aliphatic heterocycles. The van der Waals surface area contributed by atoms with Crippen LogP contribution in [0.2, 0.25) is 0 Å². The molecule has 1 rings (SSSR count). The van der Waals surface area contributed by atoms with Gasteiger partial charge >= 0.3 is 6.61 Å². The van der Waals surface area contributed by atoms with Crippen LogP contribution in [0, 0.1) is 11.3 Å². The fraction of sp³-hybridized carbons (Fsp3) is 0.222. The lowest BCUT2D eigenvalue weighted by Crippen LogP contribution is -2.09. The van der Waals surface area contributed by atoms with E-state index in [-0.39, 0.29) is 17.0 Å². The van der Waals surface area contributed by atoms with Gasteiger partial charge in [0.15, 0.2) is 5.75 Å². The van der Waals surface area contributed by atoms with Gasteiger partial charge in [0, 0.05) is 16.2 Å². The summed E-state index contributed by atoms with van der Waals surface area (Å²) in [6.45, 7) is -3.27. The maximum absolute atomic E-state index is 12.3. The molecule has 0 aliphatic carbocycles. The van der Waals surface area contributed by atoms with Crippen molar-refractivity contribution in [2.45, 2.75) is 17.4 Å². The number of hydrogen-bond donors (Lipinski definition) is 0. The number of rotatable bonds is 4. The summed E-state index contributed by atoms with van der Waals surface area (Å²) in [7, 11) is 0.802. The molecule has 0 bridgehead atoms. The van der Waals surface area contributed by atoms with E-state index in [0.29, 0.717) is 0 Å². The Morgan fingerprint density at radius 3 is 2.44 bits per heavy atom.